The minimum absolute atomic E-state index is 0. The Bertz CT molecular complexity index is 554. The number of nitrogens with one attached hydrogen (secondary N) is 1. The van der Waals surface area contributed by atoms with Crippen LogP contribution < -0.4 is 5.32 Å². The van der Waals surface area contributed by atoms with Gasteiger partial charge in [-0.25, -0.2) is 0 Å². The molecular weight excluding hydrogens is 308 g/mol. The van der Waals surface area contributed by atoms with E-state index in [0.717, 1.165) is 18.9 Å². The van der Waals surface area contributed by atoms with Crippen LogP contribution in [0.3, 0.4) is 0 Å². The Morgan fingerprint density at radius 3 is 2.65 bits per heavy atom. The van der Waals surface area contributed by atoms with Crippen LogP contribution in [0.5, 0.6) is 0 Å². The van der Waals surface area contributed by atoms with Crippen LogP contribution in [-0.2, 0) is 11.2 Å². The number of amides is 1. The molecule has 2 saturated carbocycles. The van der Waals surface area contributed by atoms with Crippen LogP contribution in [0.2, 0.25) is 0 Å². The number of benzene rings is 1. The smallest absolute Gasteiger partial charge is 0.237 e. The summed E-state index contributed by atoms with van der Waals surface area (Å²) in [6.45, 7) is 1.54. The summed E-state index contributed by atoms with van der Waals surface area (Å²) in [5.74, 6) is 1.14. The van der Waals surface area contributed by atoms with Gasteiger partial charge in [0, 0.05) is 6.04 Å². The summed E-state index contributed by atoms with van der Waals surface area (Å²) in [6.07, 6.45) is 8.54. The molecule has 0 aliphatic heterocycles. The summed E-state index contributed by atoms with van der Waals surface area (Å²) in [5, 5.41) is 3.38. The van der Waals surface area contributed by atoms with Gasteiger partial charge in [0.25, 0.3) is 0 Å². The third-order valence-electron chi connectivity index (χ3n) is 5.31. The lowest BCUT2D eigenvalue weighted by molar-refractivity contribution is -0.133. The minimum Gasteiger partial charge on any atom is -0.332 e. The van der Waals surface area contributed by atoms with Gasteiger partial charge in [-0.15, -0.1) is 12.4 Å². The van der Waals surface area contributed by atoms with Crippen molar-refractivity contribution in [3.63, 3.8) is 0 Å². The van der Waals surface area contributed by atoms with Gasteiger partial charge in [0.2, 0.25) is 5.91 Å². The number of carbonyl (C=O) groups is 1. The molecule has 2 fully saturated rings. The predicted molar refractivity (Wildman–Crippen MR) is 94.8 cm³/mol. The van der Waals surface area contributed by atoms with Gasteiger partial charge in [0.05, 0.1) is 12.6 Å². The largest absolute Gasteiger partial charge is 0.332 e. The lowest BCUT2D eigenvalue weighted by atomic mass is 9.86. The van der Waals surface area contributed by atoms with Gasteiger partial charge in [-0.3, -0.25) is 4.79 Å². The topological polar surface area (TPSA) is 32.3 Å². The molecule has 1 unspecified atom stereocenters. The van der Waals surface area contributed by atoms with E-state index in [-0.39, 0.29) is 12.4 Å². The van der Waals surface area contributed by atoms with Gasteiger partial charge < -0.3 is 10.2 Å². The maximum Gasteiger partial charge on any atom is 0.237 e. The highest BCUT2D eigenvalue weighted by atomic mass is 35.5. The molecule has 3 nitrogen and oxygen atoms in total. The molecular formula is C19H27ClN2O. The van der Waals surface area contributed by atoms with Crippen molar-refractivity contribution in [1.82, 2.24) is 10.2 Å². The first-order valence-corrected chi connectivity index (χ1v) is 8.92. The molecule has 4 rings (SSSR count). The Balaban J connectivity index is 0.00000156. The zero-order valence-electron chi connectivity index (χ0n) is 13.7. The molecule has 4 heteroatoms. The average Bonchev–Trinajstić information content (AvgIpc) is 3.42. The van der Waals surface area contributed by atoms with Gasteiger partial charge in [0.15, 0.2) is 0 Å². The summed E-state index contributed by atoms with van der Waals surface area (Å²) < 4.78 is 0. The van der Waals surface area contributed by atoms with Crippen molar-refractivity contribution < 1.29 is 4.79 Å². The minimum atomic E-state index is 0. The first kappa shape index (κ1) is 16.8. The van der Waals surface area contributed by atoms with Crippen molar-refractivity contribution in [3.8, 4) is 0 Å². The normalized spacial score (nSPS) is 22.9. The summed E-state index contributed by atoms with van der Waals surface area (Å²) in [7, 11) is 0. The monoisotopic (exact) mass is 334 g/mol. The summed E-state index contributed by atoms with van der Waals surface area (Å²) in [6, 6.07) is 9.53. The van der Waals surface area contributed by atoms with Crippen LogP contribution in [0.15, 0.2) is 24.3 Å². The van der Waals surface area contributed by atoms with E-state index in [0.29, 0.717) is 24.5 Å². The van der Waals surface area contributed by atoms with Crippen LogP contribution in [-0.4, -0.2) is 29.9 Å². The third-order valence-corrected chi connectivity index (χ3v) is 5.31. The molecule has 0 radical (unpaired) electrons. The molecule has 1 aromatic rings. The van der Waals surface area contributed by atoms with Crippen molar-refractivity contribution in [2.45, 2.75) is 57.0 Å². The van der Waals surface area contributed by atoms with Gasteiger partial charge >= 0.3 is 0 Å². The van der Waals surface area contributed by atoms with Gasteiger partial charge in [0.1, 0.15) is 0 Å². The molecule has 23 heavy (non-hydrogen) atoms. The standard InChI is InChI=1S/C19H26N2O.ClH/c22-19(13-20-12-14-8-9-14)21(16-10-11-16)18-7-3-5-15-4-1-2-6-17(15)18;/h1-2,4,6,14,16,18,20H,3,5,7-13H2;1H. The number of carbonyl (C=O) groups excluding carboxylic acids is 1. The molecule has 0 heterocycles. The van der Waals surface area contributed by atoms with Crippen molar-refractivity contribution in [1.29, 1.82) is 0 Å². The van der Waals surface area contributed by atoms with Crippen molar-refractivity contribution in [2.75, 3.05) is 13.1 Å². The molecule has 1 aromatic carbocycles. The predicted octanol–water partition coefficient (Wildman–Crippen LogP) is 3.48. The zero-order chi connectivity index (χ0) is 14.9. The van der Waals surface area contributed by atoms with Crippen molar-refractivity contribution in [3.05, 3.63) is 35.4 Å². The first-order valence-electron chi connectivity index (χ1n) is 8.92. The second kappa shape index (κ2) is 7.23. The maximum absolute atomic E-state index is 12.8. The second-order valence-electron chi connectivity index (χ2n) is 7.21. The molecule has 3 aliphatic rings. The molecule has 0 aromatic heterocycles. The Morgan fingerprint density at radius 2 is 1.91 bits per heavy atom. The highest BCUT2D eigenvalue weighted by molar-refractivity contribution is 5.85. The summed E-state index contributed by atoms with van der Waals surface area (Å²) >= 11 is 0. The molecule has 126 valence electrons. The zero-order valence-corrected chi connectivity index (χ0v) is 14.5. The number of hydrogen-bond donors (Lipinski definition) is 1. The van der Waals surface area contributed by atoms with Crippen LogP contribution >= 0.6 is 12.4 Å². The molecule has 1 N–H and O–H groups in total. The van der Waals surface area contributed by atoms with Crippen LogP contribution in [0.4, 0.5) is 0 Å². The number of halogens is 1. The van der Waals surface area contributed by atoms with E-state index in [1.54, 1.807) is 0 Å². The Labute approximate surface area is 145 Å². The van der Waals surface area contributed by atoms with E-state index in [1.165, 1.54) is 49.7 Å². The fourth-order valence-electron chi connectivity index (χ4n) is 3.80. The number of rotatable bonds is 6. The summed E-state index contributed by atoms with van der Waals surface area (Å²) in [5.41, 5.74) is 2.85. The van der Waals surface area contributed by atoms with Crippen molar-refractivity contribution in [2.24, 2.45) is 5.92 Å². The van der Waals surface area contributed by atoms with Crippen molar-refractivity contribution >= 4 is 18.3 Å². The SMILES string of the molecule is Cl.O=C(CNCC1CC1)N(C1CC1)C1CCCc2ccccc21. The summed E-state index contributed by atoms with van der Waals surface area (Å²) in [4.78, 5) is 15.0. The van der Waals surface area contributed by atoms with Crippen LogP contribution in [0, 0.1) is 5.92 Å². The van der Waals surface area contributed by atoms with E-state index in [9.17, 15) is 4.79 Å². The Kier molecular flexibility index (Phi) is 5.27. The highest BCUT2D eigenvalue weighted by Gasteiger charge is 2.39. The fraction of sp³-hybridized carbons (Fsp3) is 0.632. The average molecular weight is 335 g/mol. The van der Waals surface area contributed by atoms with Gasteiger partial charge in [-0.1, -0.05) is 24.3 Å². The molecule has 1 amide bonds. The lowest BCUT2D eigenvalue weighted by Crippen LogP contribution is -2.43. The Hall–Kier alpha value is -1.06. The van der Waals surface area contributed by atoms with E-state index in [1.807, 2.05) is 0 Å². The van der Waals surface area contributed by atoms with Gasteiger partial charge in [-0.05, 0) is 68.5 Å². The molecule has 1 atom stereocenters. The molecule has 3 aliphatic carbocycles. The van der Waals surface area contributed by atoms with E-state index in [2.05, 4.69) is 34.5 Å². The number of nitrogens with zero attached hydrogens (tertiary/aromatic N) is 1. The fourth-order valence-corrected chi connectivity index (χ4v) is 3.80. The van der Waals surface area contributed by atoms with E-state index >= 15 is 0 Å². The molecule has 0 spiro atoms. The number of hydrogen-bond acceptors (Lipinski definition) is 2. The van der Waals surface area contributed by atoms with E-state index in [4.69, 9.17) is 0 Å². The van der Waals surface area contributed by atoms with Crippen LogP contribution in [0.1, 0.15) is 55.7 Å². The maximum atomic E-state index is 12.8. The second-order valence-corrected chi connectivity index (χ2v) is 7.21. The number of fused-ring (bicyclic) bond motifs is 1. The van der Waals surface area contributed by atoms with Gasteiger partial charge in [-0.2, -0.15) is 0 Å². The van der Waals surface area contributed by atoms with Crippen LogP contribution in [0.25, 0.3) is 0 Å². The highest BCUT2D eigenvalue weighted by Crippen LogP contribution is 2.40. The number of aryl methyl sites for hydroxylation is 1. The van der Waals surface area contributed by atoms with E-state index < -0.39 is 0 Å². The first-order chi connectivity index (χ1) is 10.8. The quantitative estimate of drug-likeness (QED) is 0.863. The lowest BCUT2D eigenvalue weighted by Gasteiger charge is -2.36. The molecule has 0 saturated heterocycles. The Morgan fingerprint density at radius 1 is 1.13 bits per heavy atom. The third kappa shape index (κ3) is 3.89. The molecule has 0 bridgehead atoms.